The van der Waals surface area contributed by atoms with Crippen molar-refractivity contribution in [3.05, 3.63) is 106 Å². The second-order valence-corrected chi connectivity index (χ2v) is 5.87. The first-order valence-corrected chi connectivity index (χ1v) is 8.33. The van der Waals surface area contributed by atoms with E-state index < -0.39 is 16.9 Å². The summed E-state index contributed by atoms with van der Waals surface area (Å²) in [5.41, 5.74) is 1.75. The maximum absolute atomic E-state index is 12.9. The van der Waals surface area contributed by atoms with E-state index >= 15 is 0 Å². The van der Waals surface area contributed by atoms with E-state index in [4.69, 9.17) is 4.74 Å². The lowest BCUT2D eigenvalue weighted by Crippen LogP contribution is -2.29. The van der Waals surface area contributed by atoms with E-state index in [1.807, 2.05) is 60.7 Å². The third-order valence-electron chi connectivity index (χ3n) is 4.18. The number of nitro benzene ring substituents is 1. The van der Waals surface area contributed by atoms with Gasteiger partial charge in [0.25, 0.3) is 11.6 Å². The maximum Gasteiger partial charge on any atom is 0.270 e. The van der Waals surface area contributed by atoms with Gasteiger partial charge >= 0.3 is 0 Å². The number of carbonyl (C=O) groups excluding carboxylic acids is 1. The zero-order chi connectivity index (χ0) is 19.2. The topological polar surface area (TPSA) is 81.5 Å². The van der Waals surface area contributed by atoms with E-state index in [1.165, 1.54) is 25.3 Å². The smallest absolute Gasteiger partial charge is 0.270 e. The molecule has 0 spiro atoms. The molecule has 0 saturated heterocycles. The van der Waals surface area contributed by atoms with Gasteiger partial charge in [0.2, 0.25) is 0 Å². The van der Waals surface area contributed by atoms with Gasteiger partial charge in [0, 0.05) is 12.1 Å². The summed E-state index contributed by atoms with van der Waals surface area (Å²) in [7, 11) is 1.42. The molecule has 3 aromatic carbocycles. The maximum atomic E-state index is 12.9. The molecule has 0 bridgehead atoms. The summed E-state index contributed by atoms with van der Waals surface area (Å²) < 4.78 is 5.21. The van der Waals surface area contributed by atoms with Crippen LogP contribution in [0.25, 0.3) is 0 Å². The highest BCUT2D eigenvalue weighted by molar-refractivity contribution is 5.98. The van der Waals surface area contributed by atoms with Crippen LogP contribution in [0.15, 0.2) is 78.9 Å². The van der Waals surface area contributed by atoms with E-state index in [9.17, 15) is 14.9 Å². The molecule has 3 aromatic rings. The second-order valence-electron chi connectivity index (χ2n) is 5.87. The van der Waals surface area contributed by atoms with Crippen LogP contribution in [0.2, 0.25) is 0 Å². The Hall–Kier alpha value is -3.67. The van der Waals surface area contributed by atoms with Gasteiger partial charge < -0.3 is 10.1 Å². The van der Waals surface area contributed by atoms with Crippen molar-refractivity contribution in [3.8, 4) is 5.75 Å². The lowest BCUT2D eigenvalue weighted by atomic mass is 9.98. The molecule has 0 radical (unpaired) electrons. The molecule has 136 valence electrons. The van der Waals surface area contributed by atoms with Gasteiger partial charge in [0.15, 0.2) is 0 Å². The Balaban J connectivity index is 1.98. The number of non-ortho nitro benzene ring substituents is 1. The highest BCUT2D eigenvalue weighted by Gasteiger charge is 2.22. The Morgan fingerprint density at radius 3 is 2.00 bits per heavy atom. The summed E-state index contributed by atoms with van der Waals surface area (Å²) in [5.74, 6) is -0.175. The molecule has 27 heavy (non-hydrogen) atoms. The molecule has 1 N–H and O–H groups in total. The minimum atomic E-state index is -0.540. The van der Waals surface area contributed by atoms with E-state index in [-0.39, 0.29) is 17.0 Å². The van der Waals surface area contributed by atoms with Crippen LogP contribution >= 0.6 is 0 Å². The Kier molecular flexibility index (Phi) is 5.47. The van der Waals surface area contributed by atoms with Gasteiger partial charge in [0.1, 0.15) is 5.75 Å². The number of hydrogen-bond donors (Lipinski definition) is 1. The number of hydrogen-bond acceptors (Lipinski definition) is 4. The van der Waals surface area contributed by atoms with Gasteiger partial charge in [0.05, 0.1) is 23.6 Å². The average Bonchev–Trinajstić information content (AvgIpc) is 2.72. The van der Waals surface area contributed by atoms with E-state index in [2.05, 4.69) is 5.32 Å². The minimum absolute atomic E-state index is 0.114. The van der Waals surface area contributed by atoms with Crippen molar-refractivity contribution in [1.29, 1.82) is 0 Å². The zero-order valence-electron chi connectivity index (χ0n) is 14.7. The van der Waals surface area contributed by atoms with Crippen LogP contribution in [0.3, 0.4) is 0 Å². The fourth-order valence-electron chi connectivity index (χ4n) is 2.85. The number of nitro groups is 1. The molecule has 0 heterocycles. The van der Waals surface area contributed by atoms with E-state index in [0.29, 0.717) is 0 Å². The molecule has 0 aliphatic carbocycles. The third kappa shape index (κ3) is 4.12. The van der Waals surface area contributed by atoms with Crippen LogP contribution in [0.5, 0.6) is 5.75 Å². The van der Waals surface area contributed by atoms with Crippen molar-refractivity contribution in [1.82, 2.24) is 5.32 Å². The van der Waals surface area contributed by atoms with E-state index in [0.717, 1.165) is 11.1 Å². The normalized spacial score (nSPS) is 10.4. The summed E-state index contributed by atoms with van der Waals surface area (Å²) in [6.45, 7) is 0. The molecule has 0 aromatic heterocycles. The summed E-state index contributed by atoms with van der Waals surface area (Å²) in [6.07, 6.45) is 0. The van der Waals surface area contributed by atoms with Crippen LogP contribution in [-0.4, -0.2) is 17.9 Å². The van der Waals surface area contributed by atoms with Crippen molar-refractivity contribution in [2.24, 2.45) is 0 Å². The summed E-state index contributed by atoms with van der Waals surface area (Å²) in [6, 6.07) is 22.6. The van der Waals surface area contributed by atoms with Crippen molar-refractivity contribution < 1.29 is 14.5 Å². The zero-order valence-corrected chi connectivity index (χ0v) is 14.7. The largest absolute Gasteiger partial charge is 0.496 e. The second kappa shape index (κ2) is 8.14. The quantitative estimate of drug-likeness (QED) is 0.528. The number of nitrogens with one attached hydrogen (secondary N) is 1. The average molecular weight is 362 g/mol. The highest BCUT2D eigenvalue weighted by Crippen LogP contribution is 2.27. The van der Waals surface area contributed by atoms with Gasteiger partial charge in [-0.15, -0.1) is 0 Å². The standard InChI is InChI=1S/C21H18N2O4/c1-27-19-13-12-17(23(25)26)14-18(19)21(24)22-20(15-8-4-2-5-9-15)16-10-6-3-7-11-16/h2-14,20H,1H3,(H,22,24). The SMILES string of the molecule is COc1ccc([N+](=O)[O-])cc1C(=O)NC(c1ccccc1)c1ccccc1. The predicted molar refractivity (Wildman–Crippen MR) is 102 cm³/mol. The molecule has 0 atom stereocenters. The van der Waals surface area contributed by atoms with E-state index in [1.54, 1.807) is 0 Å². The Morgan fingerprint density at radius 1 is 0.963 bits per heavy atom. The number of ether oxygens (including phenoxy) is 1. The van der Waals surface area contributed by atoms with Crippen molar-refractivity contribution >= 4 is 11.6 Å². The number of rotatable bonds is 6. The predicted octanol–water partition coefficient (Wildman–Crippen LogP) is 4.12. The molecular weight excluding hydrogens is 344 g/mol. The molecule has 1 amide bonds. The van der Waals surface area contributed by atoms with Crippen molar-refractivity contribution in [2.45, 2.75) is 6.04 Å². The molecule has 0 aliphatic rings. The van der Waals surface area contributed by atoms with Crippen LogP contribution in [0.4, 0.5) is 5.69 Å². The molecule has 3 rings (SSSR count). The molecule has 6 heteroatoms. The first-order valence-electron chi connectivity index (χ1n) is 8.33. The third-order valence-corrected chi connectivity index (χ3v) is 4.18. The first-order chi connectivity index (χ1) is 13.1. The summed E-state index contributed by atoms with van der Waals surface area (Å²) in [4.78, 5) is 23.5. The van der Waals surface area contributed by atoms with Crippen LogP contribution < -0.4 is 10.1 Å². The number of amides is 1. The lowest BCUT2D eigenvalue weighted by Gasteiger charge is -2.20. The molecule has 0 aliphatic heterocycles. The lowest BCUT2D eigenvalue weighted by molar-refractivity contribution is -0.384. The number of carbonyl (C=O) groups is 1. The van der Waals surface area contributed by atoms with Crippen LogP contribution in [0, 0.1) is 10.1 Å². The Morgan fingerprint density at radius 2 is 1.52 bits per heavy atom. The molecule has 0 fully saturated rings. The fourth-order valence-corrected chi connectivity index (χ4v) is 2.85. The Labute approximate surface area is 156 Å². The molecule has 0 unspecified atom stereocenters. The Bertz CT molecular complexity index is 903. The van der Waals surface area contributed by atoms with Gasteiger partial charge in [-0.05, 0) is 17.2 Å². The van der Waals surface area contributed by atoms with Crippen LogP contribution in [-0.2, 0) is 0 Å². The summed E-state index contributed by atoms with van der Waals surface area (Å²) >= 11 is 0. The molecule has 6 nitrogen and oxygen atoms in total. The van der Waals surface area contributed by atoms with Gasteiger partial charge in [-0.25, -0.2) is 0 Å². The fraction of sp³-hybridized carbons (Fsp3) is 0.0952. The van der Waals surface area contributed by atoms with Crippen molar-refractivity contribution in [2.75, 3.05) is 7.11 Å². The highest BCUT2D eigenvalue weighted by atomic mass is 16.6. The van der Waals surface area contributed by atoms with Gasteiger partial charge in [-0.3, -0.25) is 14.9 Å². The van der Waals surface area contributed by atoms with Gasteiger partial charge in [-0.2, -0.15) is 0 Å². The van der Waals surface area contributed by atoms with Crippen molar-refractivity contribution in [3.63, 3.8) is 0 Å². The first kappa shape index (κ1) is 18.1. The minimum Gasteiger partial charge on any atom is -0.496 e. The number of benzene rings is 3. The van der Waals surface area contributed by atoms with Gasteiger partial charge in [-0.1, -0.05) is 60.7 Å². The number of nitrogens with zero attached hydrogens (tertiary/aromatic N) is 1. The monoisotopic (exact) mass is 362 g/mol. The number of methoxy groups -OCH3 is 1. The molecule has 0 saturated carbocycles. The molecular formula is C21H18N2O4. The van der Waals surface area contributed by atoms with Crippen LogP contribution in [0.1, 0.15) is 27.5 Å². The summed E-state index contributed by atoms with van der Waals surface area (Å²) in [5, 5.41) is 14.0.